The van der Waals surface area contributed by atoms with Gasteiger partial charge in [0.05, 0.1) is 10.7 Å². The second-order valence-corrected chi connectivity index (χ2v) is 9.54. The van der Waals surface area contributed by atoms with Crippen LogP contribution in [0.2, 0.25) is 5.02 Å². The Kier molecular flexibility index (Phi) is 6.14. The summed E-state index contributed by atoms with van der Waals surface area (Å²) in [5, 5.41) is -0.483. The molecule has 3 heterocycles. The molecule has 7 nitrogen and oxygen atoms in total. The molecule has 0 N–H and O–H groups in total. The van der Waals surface area contributed by atoms with Crippen molar-refractivity contribution in [3.8, 4) is 11.3 Å². The van der Waals surface area contributed by atoms with Crippen molar-refractivity contribution in [2.45, 2.75) is 45.5 Å². The van der Waals surface area contributed by atoms with Crippen molar-refractivity contribution in [1.29, 1.82) is 0 Å². The fraction of sp³-hybridized carbons (Fsp3) is 0.435. The van der Waals surface area contributed by atoms with Gasteiger partial charge in [-0.25, -0.2) is 4.79 Å². The highest BCUT2D eigenvalue weighted by atomic mass is 35.5. The number of amides is 1. The lowest BCUT2D eigenvalue weighted by atomic mass is 10.1. The van der Waals surface area contributed by atoms with Crippen LogP contribution in [0.1, 0.15) is 33.3 Å². The summed E-state index contributed by atoms with van der Waals surface area (Å²) in [5.41, 5.74) is -1.39. The van der Waals surface area contributed by atoms with Gasteiger partial charge in [0.2, 0.25) is 0 Å². The minimum atomic E-state index is -4.73. The van der Waals surface area contributed by atoms with Crippen LogP contribution in [0.15, 0.2) is 34.9 Å². The molecule has 0 radical (unpaired) electrons. The molecule has 1 saturated heterocycles. The third-order valence-electron chi connectivity index (χ3n) is 5.36. The number of ether oxygens (including phenoxy) is 1. The number of nitrogens with zero attached hydrogens (tertiary/aromatic N) is 4. The maximum absolute atomic E-state index is 13.9. The van der Waals surface area contributed by atoms with E-state index < -0.39 is 28.5 Å². The van der Waals surface area contributed by atoms with E-state index in [1.165, 1.54) is 12.3 Å². The number of rotatable bonds is 2. The van der Waals surface area contributed by atoms with Crippen LogP contribution in [0, 0.1) is 0 Å². The van der Waals surface area contributed by atoms with Gasteiger partial charge in [-0.15, -0.1) is 0 Å². The first-order valence-corrected chi connectivity index (χ1v) is 11.1. The molecule has 0 bridgehead atoms. The van der Waals surface area contributed by atoms with Gasteiger partial charge in [-0.2, -0.15) is 18.2 Å². The number of carbonyl (C=O) groups is 1. The van der Waals surface area contributed by atoms with Crippen LogP contribution in [0.5, 0.6) is 0 Å². The Balaban J connectivity index is 1.73. The van der Waals surface area contributed by atoms with E-state index in [0.29, 0.717) is 30.9 Å². The summed E-state index contributed by atoms with van der Waals surface area (Å²) in [6.45, 7) is 8.10. The van der Waals surface area contributed by atoms with Crippen LogP contribution in [-0.2, 0) is 10.9 Å². The summed E-state index contributed by atoms with van der Waals surface area (Å²) < 4.78 is 52.9. The van der Waals surface area contributed by atoms with E-state index in [0.717, 1.165) is 0 Å². The van der Waals surface area contributed by atoms with Gasteiger partial charge in [0.1, 0.15) is 16.7 Å². The summed E-state index contributed by atoms with van der Waals surface area (Å²) in [5.74, 6) is 0. The minimum absolute atomic E-state index is 0.0243. The SMILES string of the molecule is C[C@H]1CN(C(=O)OC(C)(C)C)CCN1c1nc2c(C(F)(F)F)c(Cl)cc(-c3ccccn3)c2o1. The molecule has 3 aromatic rings. The summed E-state index contributed by atoms with van der Waals surface area (Å²) in [6, 6.07) is 6.02. The summed E-state index contributed by atoms with van der Waals surface area (Å²) in [6.07, 6.45) is -3.64. The number of piperazine rings is 1. The highest BCUT2D eigenvalue weighted by Crippen LogP contribution is 2.44. The van der Waals surface area contributed by atoms with E-state index in [9.17, 15) is 18.0 Å². The molecule has 34 heavy (non-hydrogen) atoms. The molecule has 1 aromatic carbocycles. The molecule has 182 valence electrons. The predicted octanol–water partition coefficient (Wildman–Crippen LogP) is 6.01. The molecule has 4 rings (SSSR count). The van der Waals surface area contributed by atoms with E-state index >= 15 is 0 Å². The van der Waals surface area contributed by atoms with Crippen LogP contribution >= 0.6 is 11.6 Å². The zero-order chi connectivity index (χ0) is 24.8. The summed E-state index contributed by atoms with van der Waals surface area (Å²) >= 11 is 6.07. The van der Waals surface area contributed by atoms with E-state index in [1.54, 1.807) is 48.8 Å². The van der Waals surface area contributed by atoms with Gasteiger partial charge in [-0.1, -0.05) is 17.7 Å². The van der Waals surface area contributed by atoms with Gasteiger partial charge in [-0.3, -0.25) is 4.98 Å². The van der Waals surface area contributed by atoms with Crippen molar-refractivity contribution in [1.82, 2.24) is 14.9 Å². The smallest absolute Gasteiger partial charge is 0.420 e. The Bertz CT molecular complexity index is 1210. The number of fused-ring (bicyclic) bond motifs is 1. The molecule has 0 spiro atoms. The van der Waals surface area contributed by atoms with Crippen LogP contribution in [0.4, 0.5) is 24.0 Å². The molecular formula is C23H24ClF3N4O3. The molecule has 1 atom stereocenters. The average molecular weight is 497 g/mol. The number of benzene rings is 1. The fourth-order valence-corrected chi connectivity index (χ4v) is 4.18. The Labute approximate surface area is 199 Å². The zero-order valence-electron chi connectivity index (χ0n) is 19.1. The number of pyridine rings is 1. The molecule has 1 aliphatic heterocycles. The van der Waals surface area contributed by atoms with Crippen LogP contribution in [0.25, 0.3) is 22.4 Å². The summed E-state index contributed by atoms with van der Waals surface area (Å²) in [7, 11) is 0. The van der Waals surface area contributed by atoms with Crippen molar-refractivity contribution in [2.75, 3.05) is 24.5 Å². The molecule has 1 fully saturated rings. The van der Waals surface area contributed by atoms with Gasteiger partial charge in [0.15, 0.2) is 5.58 Å². The first kappa shape index (κ1) is 24.1. The van der Waals surface area contributed by atoms with Crippen molar-refractivity contribution in [2.24, 2.45) is 0 Å². The molecule has 1 aliphatic rings. The number of halogens is 4. The van der Waals surface area contributed by atoms with Crippen LogP contribution in [-0.4, -0.2) is 52.2 Å². The number of carbonyl (C=O) groups excluding carboxylic acids is 1. The first-order chi connectivity index (χ1) is 15.8. The number of aromatic nitrogens is 2. The first-order valence-electron chi connectivity index (χ1n) is 10.7. The molecule has 0 unspecified atom stereocenters. The lowest BCUT2D eigenvalue weighted by Gasteiger charge is -2.39. The number of hydrogen-bond acceptors (Lipinski definition) is 6. The third-order valence-corrected chi connectivity index (χ3v) is 5.65. The number of alkyl halides is 3. The predicted molar refractivity (Wildman–Crippen MR) is 122 cm³/mol. The van der Waals surface area contributed by atoms with Gasteiger partial charge >= 0.3 is 12.3 Å². The third kappa shape index (κ3) is 4.77. The monoisotopic (exact) mass is 496 g/mol. The Morgan fingerprint density at radius 2 is 1.97 bits per heavy atom. The second-order valence-electron chi connectivity index (χ2n) is 9.14. The summed E-state index contributed by atoms with van der Waals surface area (Å²) in [4.78, 5) is 24.2. The Morgan fingerprint density at radius 1 is 1.24 bits per heavy atom. The van der Waals surface area contributed by atoms with Gasteiger partial charge in [-0.05, 0) is 45.9 Å². The van der Waals surface area contributed by atoms with E-state index in [2.05, 4.69) is 9.97 Å². The molecule has 0 saturated carbocycles. The molecule has 2 aromatic heterocycles. The molecule has 0 aliphatic carbocycles. The lowest BCUT2D eigenvalue weighted by molar-refractivity contribution is -0.136. The minimum Gasteiger partial charge on any atom is -0.444 e. The normalized spacial score (nSPS) is 17.4. The van der Waals surface area contributed by atoms with Crippen LogP contribution in [0.3, 0.4) is 0 Å². The average Bonchev–Trinajstić information content (AvgIpc) is 3.15. The van der Waals surface area contributed by atoms with E-state index in [4.69, 9.17) is 20.8 Å². The zero-order valence-corrected chi connectivity index (χ0v) is 19.9. The highest BCUT2D eigenvalue weighted by molar-refractivity contribution is 6.33. The van der Waals surface area contributed by atoms with Crippen molar-refractivity contribution in [3.63, 3.8) is 0 Å². The Hall–Kier alpha value is -3.01. The van der Waals surface area contributed by atoms with Gasteiger partial charge in [0.25, 0.3) is 6.01 Å². The maximum atomic E-state index is 13.9. The van der Waals surface area contributed by atoms with E-state index in [1.807, 2.05) is 6.92 Å². The lowest BCUT2D eigenvalue weighted by Crippen LogP contribution is -2.54. The van der Waals surface area contributed by atoms with Crippen molar-refractivity contribution < 1.29 is 27.1 Å². The van der Waals surface area contributed by atoms with Gasteiger partial charge < -0.3 is 19.0 Å². The van der Waals surface area contributed by atoms with Gasteiger partial charge in [0, 0.05) is 37.4 Å². The largest absolute Gasteiger partial charge is 0.444 e. The molecular weight excluding hydrogens is 473 g/mol. The van der Waals surface area contributed by atoms with Crippen molar-refractivity contribution in [3.05, 3.63) is 41.0 Å². The number of anilines is 1. The Morgan fingerprint density at radius 3 is 2.56 bits per heavy atom. The van der Waals surface area contributed by atoms with Crippen molar-refractivity contribution >= 4 is 34.8 Å². The van der Waals surface area contributed by atoms with E-state index in [-0.39, 0.29) is 23.2 Å². The quantitative estimate of drug-likeness (QED) is 0.433. The number of oxazole rings is 1. The fourth-order valence-electron chi connectivity index (χ4n) is 3.88. The molecule has 11 heteroatoms. The number of hydrogen-bond donors (Lipinski definition) is 0. The van der Waals surface area contributed by atoms with Crippen LogP contribution < -0.4 is 4.90 Å². The highest BCUT2D eigenvalue weighted by Gasteiger charge is 2.39. The topological polar surface area (TPSA) is 71.7 Å². The maximum Gasteiger partial charge on any atom is 0.420 e. The molecule has 1 amide bonds. The second kappa shape index (κ2) is 8.65. The standard InChI is InChI=1S/C23H24ClF3N4O3/c1-13-12-30(21(32)34-22(2,3)4)9-10-31(13)20-29-18-17(23(25,26)27)15(24)11-14(19(18)33-20)16-7-5-6-8-28-16/h5-8,11,13H,9-10,12H2,1-4H3/t13-/m0/s1.